The lowest BCUT2D eigenvalue weighted by molar-refractivity contribution is -0.144. The van der Waals surface area contributed by atoms with Crippen LogP contribution in [-0.2, 0) is 49.6 Å². The number of aliphatic hydroxyl groups excluding tert-OH is 1. The molecule has 23 nitrogen and oxygen atoms in total. The van der Waals surface area contributed by atoms with E-state index >= 15 is 0 Å². The van der Waals surface area contributed by atoms with E-state index < -0.39 is 126 Å². The molecule has 0 saturated heterocycles. The summed E-state index contributed by atoms with van der Waals surface area (Å²) in [6, 6.07) is -2.00. The van der Waals surface area contributed by atoms with Crippen LogP contribution in [0.5, 0.6) is 0 Å². The Bertz CT molecular complexity index is 1830. The van der Waals surface area contributed by atoms with E-state index in [0.717, 1.165) is 0 Å². The summed E-state index contributed by atoms with van der Waals surface area (Å²) in [7, 11) is 0. The molecule has 1 aromatic carbocycles. The van der Waals surface area contributed by atoms with Gasteiger partial charge in [0, 0.05) is 19.4 Å². The highest BCUT2D eigenvalue weighted by Crippen LogP contribution is 2.12. The number of nitrogens with zero attached hydrogens (tertiary/aromatic N) is 1. The van der Waals surface area contributed by atoms with E-state index in [9.17, 15) is 53.4 Å². The SMILES string of the molecule is CC[C@H](C)[C@H](NC(=O)[C@@H](NC(=O)[C@H](C)NC(=O)[C@H](CCCN=C(N)N)NC(=O)[C@H](Cc1ccccc1)NC(=O)[C@H](CC(C)C)NC(=O)[C@H](CO)NC(=O)[C@@H](N)CCC(=O)O)C(C)C)C(=O)O. The predicted molar refractivity (Wildman–Crippen MR) is 243 cm³/mol. The summed E-state index contributed by atoms with van der Waals surface area (Å²) in [6.07, 6.45) is -0.150. The highest BCUT2D eigenvalue weighted by atomic mass is 16.4. The molecule has 66 heavy (non-hydrogen) atoms. The number of aliphatic imine (C=N–C) groups is 1. The van der Waals surface area contributed by atoms with Crippen molar-refractivity contribution < 1.29 is 58.5 Å². The average molecular weight is 934 g/mol. The maximum Gasteiger partial charge on any atom is 0.326 e. The highest BCUT2D eigenvalue weighted by Gasteiger charge is 2.35. The second-order valence-corrected chi connectivity index (χ2v) is 16.9. The number of aliphatic hydroxyl groups is 1. The lowest BCUT2D eigenvalue weighted by Crippen LogP contribution is -2.61. The number of carboxylic acids is 2. The number of hydrogen-bond acceptors (Lipinski definition) is 12. The second kappa shape index (κ2) is 29.2. The van der Waals surface area contributed by atoms with Crippen molar-refractivity contribution in [3.05, 3.63) is 35.9 Å². The largest absolute Gasteiger partial charge is 0.481 e. The van der Waals surface area contributed by atoms with Crippen molar-refractivity contribution in [2.45, 2.75) is 142 Å². The van der Waals surface area contributed by atoms with Crippen molar-refractivity contribution in [3.63, 3.8) is 0 Å². The van der Waals surface area contributed by atoms with E-state index in [1.54, 1.807) is 71.9 Å². The fourth-order valence-electron chi connectivity index (χ4n) is 6.35. The molecule has 0 bridgehead atoms. The third kappa shape index (κ3) is 21.1. The summed E-state index contributed by atoms with van der Waals surface area (Å²) in [6.45, 7) is 10.8. The molecule has 23 heteroatoms. The van der Waals surface area contributed by atoms with Crippen LogP contribution in [0.25, 0.3) is 0 Å². The second-order valence-electron chi connectivity index (χ2n) is 16.9. The highest BCUT2D eigenvalue weighted by molar-refractivity contribution is 5.97. The van der Waals surface area contributed by atoms with Gasteiger partial charge in [0.1, 0.15) is 42.3 Å². The van der Waals surface area contributed by atoms with E-state index in [0.29, 0.717) is 12.0 Å². The molecule has 0 saturated carbocycles. The van der Waals surface area contributed by atoms with Crippen molar-refractivity contribution in [1.82, 2.24) is 37.2 Å². The number of aliphatic carboxylic acids is 2. The number of nitrogens with two attached hydrogens (primary N) is 3. The van der Waals surface area contributed by atoms with E-state index in [2.05, 4.69) is 42.2 Å². The molecule has 0 aliphatic rings. The number of carbonyl (C=O) groups is 9. The first kappa shape index (κ1) is 57.7. The van der Waals surface area contributed by atoms with Gasteiger partial charge < -0.3 is 69.7 Å². The maximum absolute atomic E-state index is 14.2. The number of benzene rings is 1. The average Bonchev–Trinajstić information content (AvgIpc) is 3.25. The molecule has 0 aliphatic carbocycles. The van der Waals surface area contributed by atoms with Gasteiger partial charge in [0.15, 0.2) is 5.96 Å². The molecule has 0 radical (unpaired) electrons. The molecule has 0 unspecified atom stereocenters. The Kier molecular flexibility index (Phi) is 25.5. The Morgan fingerprint density at radius 2 is 1.17 bits per heavy atom. The van der Waals surface area contributed by atoms with Crippen molar-refractivity contribution in [3.8, 4) is 0 Å². The molecule has 0 heterocycles. The molecular formula is C43H71N11O12. The monoisotopic (exact) mass is 934 g/mol. The van der Waals surface area contributed by atoms with Crippen LogP contribution in [0, 0.1) is 17.8 Å². The van der Waals surface area contributed by atoms with Crippen LogP contribution in [0.2, 0.25) is 0 Å². The van der Waals surface area contributed by atoms with Crippen LogP contribution in [0.3, 0.4) is 0 Å². The molecule has 0 fully saturated rings. The summed E-state index contributed by atoms with van der Waals surface area (Å²) in [5.74, 6) is -9.61. The van der Waals surface area contributed by atoms with Gasteiger partial charge in [-0.05, 0) is 55.9 Å². The van der Waals surface area contributed by atoms with Gasteiger partial charge in [-0.2, -0.15) is 0 Å². The van der Waals surface area contributed by atoms with E-state index in [1.165, 1.54) is 6.92 Å². The number of carbonyl (C=O) groups excluding carboxylic acids is 7. The first-order chi connectivity index (χ1) is 30.9. The minimum absolute atomic E-state index is 0.0363. The smallest absolute Gasteiger partial charge is 0.326 e. The standard InChI is InChI=1S/C43H71N11O12/c1-8-24(6)34(42(65)66)54-41(64)33(23(4)5)53-35(58)25(7)48-37(60)28(15-12-18-47-43(45)46)49-39(62)30(20-26-13-10-9-11-14-26)51-38(61)29(19-22(2)3)50-40(63)31(21-55)52-36(59)27(44)16-17-32(56)57/h9-11,13-14,22-25,27-31,33-34,55H,8,12,15-21,44H2,1-7H3,(H,48,60)(H,49,62)(H,50,63)(H,51,61)(H,52,59)(H,53,58)(H,54,64)(H,56,57)(H,65,66)(H4,45,46,47)/t24-,25-,27-,28-,29-,30-,31-,33-,34-/m0/s1. The van der Waals surface area contributed by atoms with Gasteiger partial charge >= 0.3 is 11.9 Å². The van der Waals surface area contributed by atoms with Gasteiger partial charge in [0.2, 0.25) is 41.4 Å². The summed E-state index contributed by atoms with van der Waals surface area (Å²) in [5.41, 5.74) is 17.3. The molecule has 7 amide bonds. The van der Waals surface area contributed by atoms with Crippen molar-refractivity contribution >= 4 is 59.2 Å². The fraction of sp³-hybridized carbons (Fsp3) is 0.628. The van der Waals surface area contributed by atoms with Gasteiger partial charge in [0.25, 0.3) is 0 Å². The van der Waals surface area contributed by atoms with Gasteiger partial charge in [-0.3, -0.25) is 43.3 Å². The van der Waals surface area contributed by atoms with Crippen molar-refractivity contribution in [1.29, 1.82) is 0 Å². The molecule has 1 rings (SSSR count). The molecule has 16 N–H and O–H groups in total. The molecule has 370 valence electrons. The molecule has 0 spiro atoms. The minimum Gasteiger partial charge on any atom is -0.481 e. The van der Waals surface area contributed by atoms with Crippen LogP contribution in [-0.4, -0.2) is 136 Å². The summed E-state index contributed by atoms with van der Waals surface area (Å²) in [4.78, 5) is 121. The lowest BCUT2D eigenvalue weighted by Gasteiger charge is -2.28. The van der Waals surface area contributed by atoms with Crippen LogP contribution in [0.15, 0.2) is 35.3 Å². The first-order valence-electron chi connectivity index (χ1n) is 21.9. The molecular weight excluding hydrogens is 863 g/mol. The third-order valence-electron chi connectivity index (χ3n) is 10.4. The minimum atomic E-state index is -1.57. The predicted octanol–water partition coefficient (Wildman–Crippen LogP) is -2.29. The zero-order valence-corrected chi connectivity index (χ0v) is 38.8. The number of nitrogens with one attached hydrogen (secondary N) is 7. The Morgan fingerprint density at radius 3 is 1.70 bits per heavy atom. The van der Waals surface area contributed by atoms with Gasteiger partial charge in [-0.15, -0.1) is 0 Å². The molecule has 0 aliphatic heterocycles. The summed E-state index contributed by atoms with van der Waals surface area (Å²) < 4.78 is 0. The molecule has 1 aromatic rings. The van der Waals surface area contributed by atoms with Gasteiger partial charge in [0.05, 0.1) is 12.6 Å². The van der Waals surface area contributed by atoms with Crippen LogP contribution in [0.1, 0.15) is 92.6 Å². The van der Waals surface area contributed by atoms with Crippen molar-refractivity contribution in [2.24, 2.45) is 39.9 Å². The van der Waals surface area contributed by atoms with E-state index in [-0.39, 0.29) is 50.5 Å². The van der Waals surface area contributed by atoms with Crippen molar-refractivity contribution in [2.75, 3.05) is 13.2 Å². The Labute approximate surface area is 385 Å². The fourth-order valence-corrected chi connectivity index (χ4v) is 6.35. The molecule has 9 atom stereocenters. The lowest BCUT2D eigenvalue weighted by atomic mass is 9.97. The van der Waals surface area contributed by atoms with Crippen LogP contribution in [0.4, 0.5) is 0 Å². The quantitative estimate of drug-likeness (QED) is 0.0219. The van der Waals surface area contributed by atoms with E-state index in [4.69, 9.17) is 22.3 Å². The normalized spacial score (nSPS) is 15.2. The Morgan fingerprint density at radius 1 is 0.636 bits per heavy atom. The Balaban J connectivity index is 3.41. The van der Waals surface area contributed by atoms with E-state index in [1.807, 2.05) is 0 Å². The first-order valence-corrected chi connectivity index (χ1v) is 21.9. The number of rotatable bonds is 30. The zero-order valence-electron chi connectivity index (χ0n) is 38.8. The van der Waals surface area contributed by atoms with Gasteiger partial charge in [-0.25, -0.2) is 4.79 Å². The Hall–Kier alpha value is -6.36. The third-order valence-corrected chi connectivity index (χ3v) is 10.4. The number of carboxylic acid groups (broad SMARTS) is 2. The van der Waals surface area contributed by atoms with Crippen LogP contribution < -0.4 is 54.4 Å². The topological polar surface area (TPSA) is 389 Å². The number of guanidine groups is 1. The summed E-state index contributed by atoms with van der Waals surface area (Å²) >= 11 is 0. The molecule has 0 aromatic heterocycles. The number of hydrogen-bond donors (Lipinski definition) is 13. The zero-order chi connectivity index (χ0) is 50.3. The number of amides is 7. The maximum atomic E-state index is 14.2. The van der Waals surface area contributed by atoms with Crippen LogP contribution >= 0.6 is 0 Å². The summed E-state index contributed by atoms with van der Waals surface area (Å²) in [5, 5.41) is 46.3. The van der Waals surface area contributed by atoms with Gasteiger partial charge in [-0.1, -0.05) is 78.3 Å².